The maximum absolute atomic E-state index is 13.3. The topological polar surface area (TPSA) is 64.5 Å². The molecule has 6 nitrogen and oxygen atoms in total. The summed E-state index contributed by atoms with van der Waals surface area (Å²) in [6, 6.07) is 23.8. The van der Waals surface area contributed by atoms with Crippen LogP contribution in [0.4, 0.5) is 5.69 Å². The standard InChI is InChI=1S/C29H25N3O3S/c1-34-22-14-12-20(13-15-22)27-30-28-23(17-21-8-3-5-11-25(21)35-28)29(31-27)36-18-26(33)32-16-6-9-19-7-2-4-10-24(19)32/h2-5,7-8,10-15H,6,9,16-18H2,1H3. The molecule has 0 N–H and O–H groups in total. The molecule has 2 aliphatic rings. The fourth-order valence-electron chi connectivity index (χ4n) is 4.71. The molecule has 1 amide bonds. The summed E-state index contributed by atoms with van der Waals surface area (Å²) in [4.78, 5) is 24.9. The van der Waals surface area contributed by atoms with Gasteiger partial charge in [-0.1, -0.05) is 48.2 Å². The fourth-order valence-corrected chi connectivity index (χ4v) is 5.61. The van der Waals surface area contributed by atoms with Crippen molar-refractivity contribution in [1.82, 2.24) is 9.97 Å². The maximum atomic E-state index is 13.3. The molecular formula is C29H25N3O3S. The van der Waals surface area contributed by atoms with Crippen LogP contribution in [-0.2, 0) is 17.6 Å². The molecule has 0 unspecified atom stereocenters. The van der Waals surface area contributed by atoms with Crippen LogP contribution in [0.5, 0.6) is 17.4 Å². The number of methoxy groups -OCH3 is 1. The zero-order valence-electron chi connectivity index (χ0n) is 19.9. The van der Waals surface area contributed by atoms with Crippen LogP contribution in [0.15, 0.2) is 77.8 Å². The van der Waals surface area contributed by atoms with E-state index in [-0.39, 0.29) is 5.91 Å². The summed E-state index contributed by atoms with van der Waals surface area (Å²) in [5.74, 6) is 3.07. The van der Waals surface area contributed by atoms with Gasteiger partial charge in [0.1, 0.15) is 16.5 Å². The first-order valence-electron chi connectivity index (χ1n) is 12.0. The van der Waals surface area contributed by atoms with Crippen molar-refractivity contribution in [3.63, 3.8) is 0 Å². The van der Waals surface area contributed by atoms with Crippen molar-refractivity contribution in [1.29, 1.82) is 0 Å². The van der Waals surface area contributed by atoms with Gasteiger partial charge in [-0.25, -0.2) is 4.98 Å². The predicted molar refractivity (Wildman–Crippen MR) is 141 cm³/mol. The first kappa shape index (κ1) is 22.6. The fraction of sp³-hybridized carbons (Fsp3) is 0.207. The highest BCUT2D eigenvalue weighted by Crippen LogP contribution is 2.40. The Kier molecular flexibility index (Phi) is 6.07. The largest absolute Gasteiger partial charge is 0.497 e. The summed E-state index contributed by atoms with van der Waals surface area (Å²) in [5, 5.41) is 0.777. The van der Waals surface area contributed by atoms with Crippen LogP contribution in [0.1, 0.15) is 23.1 Å². The molecule has 6 rings (SSSR count). The van der Waals surface area contributed by atoms with Gasteiger partial charge in [0.15, 0.2) is 5.82 Å². The van der Waals surface area contributed by atoms with Crippen molar-refractivity contribution in [3.8, 4) is 28.8 Å². The normalized spacial score (nSPS) is 13.8. The average Bonchev–Trinajstić information content (AvgIpc) is 2.94. The highest BCUT2D eigenvalue weighted by Gasteiger charge is 2.26. The smallest absolute Gasteiger partial charge is 0.237 e. The van der Waals surface area contributed by atoms with Crippen LogP contribution < -0.4 is 14.4 Å². The number of carbonyl (C=O) groups is 1. The third-order valence-electron chi connectivity index (χ3n) is 6.57. The van der Waals surface area contributed by atoms with E-state index in [0.29, 0.717) is 23.9 Å². The molecule has 0 spiro atoms. The van der Waals surface area contributed by atoms with Gasteiger partial charge in [-0.3, -0.25) is 4.79 Å². The number of ether oxygens (including phenoxy) is 2. The first-order chi connectivity index (χ1) is 17.7. The van der Waals surface area contributed by atoms with E-state index >= 15 is 0 Å². The first-order valence-corrected chi connectivity index (χ1v) is 13.0. The number of thioether (sulfide) groups is 1. The molecule has 0 fully saturated rings. The molecule has 0 bridgehead atoms. The summed E-state index contributed by atoms with van der Waals surface area (Å²) in [7, 11) is 1.64. The summed E-state index contributed by atoms with van der Waals surface area (Å²) in [5.41, 5.74) is 5.12. The van der Waals surface area contributed by atoms with Crippen LogP contribution in [0, 0.1) is 0 Å². The van der Waals surface area contributed by atoms with E-state index in [2.05, 4.69) is 12.1 Å². The maximum Gasteiger partial charge on any atom is 0.237 e. The van der Waals surface area contributed by atoms with E-state index in [0.717, 1.165) is 58.3 Å². The molecule has 1 aromatic heterocycles. The molecule has 0 saturated heterocycles. The summed E-state index contributed by atoms with van der Waals surface area (Å²) >= 11 is 1.46. The highest BCUT2D eigenvalue weighted by atomic mass is 32.2. The van der Waals surface area contributed by atoms with Gasteiger partial charge in [0.2, 0.25) is 11.8 Å². The Morgan fingerprint density at radius 3 is 2.61 bits per heavy atom. The molecule has 3 aromatic carbocycles. The van der Waals surface area contributed by atoms with Gasteiger partial charge in [0.25, 0.3) is 0 Å². The van der Waals surface area contributed by atoms with Gasteiger partial charge in [-0.05, 0) is 60.4 Å². The quantitative estimate of drug-likeness (QED) is 0.223. The Morgan fingerprint density at radius 2 is 1.78 bits per heavy atom. The number of hydrogen-bond acceptors (Lipinski definition) is 6. The van der Waals surface area contributed by atoms with Gasteiger partial charge in [0, 0.05) is 24.2 Å². The van der Waals surface area contributed by atoms with Crippen molar-refractivity contribution in [2.45, 2.75) is 24.3 Å². The van der Waals surface area contributed by atoms with Crippen molar-refractivity contribution in [2.75, 3.05) is 24.3 Å². The number of benzene rings is 3. The van der Waals surface area contributed by atoms with Gasteiger partial charge in [-0.15, -0.1) is 0 Å². The van der Waals surface area contributed by atoms with Crippen LogP contribution in [0.3, 0.4) is 0 Å². The summed E-state index contributed by atoms with van der Waals surface area (Å²) in [6.45, 7) is 0.742. The highest BCUT2D eigenvalue weighted by molar-refractivity contribution is 8.00. The minimum atomic E-state index is 0.0858. The second-order valence-electron chi connectivity index (χ2n) is 8.82. The predicted octanol–water partition coefficient (Wildman–Crippen LogP) is 5.92. The number of aryl methyl sites for hydroxylation is 1. The molecular weight excluding hydrogens is 470 g/mol. The van der Waals surface area contributed by atoms with Gasteiger partial charge >= 0.3 is 0 Å². The lowest BCUT2D eigenvalue weighted by Crippen LogP contribution is -2.36. The molecule has 4 aromatic rings. The average molecular weight is 496 g/mol. The van der Waals surface area contributed by atoms with Crippen LogP contribution >= 0.6 is 11.8 Å². The lowest BCUT2D eigenvalue weighted by molar-refractivity contribution is -0.116. The van der Waals surface area contributed by atoms with Crippen LogP contribution in [0.25, 0.3) is 11.4 Å². The lowest BCUT2D eigenvalue weighted by atomic mass is 10.0. The van der Waals surface area contributed by atoms with Gasteiger partial charge < -0.3 is 14.4 Å². The number of amides is 1. The number of fused-ring (bicyclic) bond motifs is 3. The summed E-state index contributed by atoms with van der Waals surface area (Å²) < 4.78 is 11.5. The lowest BCUT2D eigenvalue weighted by Gasteiger charge is -2.29. The minimum absolute atomic E-state index is 0.0858. The second kappa shape index (κ2) is 9.66. The van der Waals surface area contributed by atoms with Crippen LogP contribution in [0.2, 0.25) is 0 Å². The number of carbonyl (C=O) groups excluding carboxylic acids is 1. The molecule has 7 heteroatoms. The number of nitrogens with zero attached hydrogens (tertiary/aromatic N) is 3. The van der Waals surface area contributed by atoms with E-state index in [1.807, 2.05) is 65.6 Å². The molecule has 0 atom stereocenters. The Hall–Kier alpha value is -3.84. The molecule has 36 heavy (non-hydrogen) atoms. The van der Waals surface area contributed by atoms with Crippen molar-refractivity contribution in [2.24, 2.45) is 0 Å². The summed E-state index contributed by atoms with van der Waals surface area (Å²) in [6.07, 6.45) is 2.65. The molecule has 3 heterocycles. The number of para-hydroxylation sites is 2. The minimum Gasteiger partial charge on any atom is -0.497 e. The number of hydrogen-bond donors (Lipinski definition) is 0. The van der Waals surface area contributed by atoms with Crippen LogP contribution in [-0.4, -0.2) is 35.3 Å². The van der Waals surface area contributed by atoms with Crippen molar-refractivity contribution in [3.05, 3.63) is 89.5 Å². The van der Waals surface area contributed by atoms with Crippen molar-refractivity contribution < 1.29 is 14.3 Å². The third kappa shape index (κ3) is 4.31. The molecule has 2 aliphatic heterocycles. The zero-order valence-corrected chi connectivity index (χ0v) is 20.8. The zero-order chi connectivity index (χ0) is 24.5. The number of anilines is 1. The molecule has 180 valence electrons. The number of rotatable bonds is 5. The van der Waals surface area contributed by atoms with E-state index in [9.17, 15) is 4.79 Å². The Labute approximate surface area is 214 Å². The Bertz CT molecular complexity index is 1440. The molecule has 0 aliphatic carbocycles. The monoisotopic (exact) mass is 495 g/mol. The van der Waals surface area contributed by atoms with Gasteiger partial charge in [-0.2, -0.15) is 4.98 Å². The second-order valence-corrected chi connectivity index (χ2v) is 9.78. The van der Waals surface area contributed by atoms with Crippen molar-refractivity contribution >= 4 is 23.4 Å². The van der Waals surface area contributed by atoms with E-state index in [1.54, 1.807) is 7.11 Å². The molecule has 0 radical (unpaired) electrons. The van der Waals surface area contributed by atoms with E-state index < -0.39 is 0 Å². The van der Waals surface area contributed by atoms with E-state index in [1.165, 1.54) is 17.3 Å². The SMILES string of the molecule is COc1ccc(-c2nc3c(c(SCC(=O)N4CCCc5ccccc54)n2)Cc2ccccc2O3)cc1. The third-order valence-corrected chi connectivity index (χ3v) is 7.57. The number of aromatic nitrogens is 2. The molecule has 0 saturated carbocycles. The Balaban J connectivity index is 1.32. The Morgan fingerprint density at radius 1 is 1.00 bits per heavy atom. The van der Waals surface area contributed by atoms with E-state index in [4.69, 9.17) is 19.4 Å². The van der Waals surface area contributed by atoms with Gasteiger partial charge in [0.05, 0.1) is 18.4 Å².